The topological polar surface area (TPSA) is 256 Å². The second-order valence-corrected chi connectivity index (χ2v) is 12.0. The lowest BCUT2D eigenvalue weighted by Crippen LogP contribution is -2.35. The minimum absolute atomic E-state index is 0.0382. The van der Waals surface area contributed by atoms with Gasteiger partial charge in [0.1, 0.15) is 12.4 Å². The van der Waals surface area contributed by atoms with Crippen molar-refractivity contribution in [1.29, 1.82) is 5.41 Å². The summed E-state index contributed by atoms with van der Waals surface area (Å²) < 4.78 is 64.8. The van der Waals surface area contributed by atoms with Gasteiger partial charge in [0.2, 0.25) is 5.91 Å². The molecule has 2 amide bonds. The number of aliphatic carboxylic acids is 2. The number of rotatable bonds is 12. The number of carbonyl (C=O) groups excluding carboxylic acids is 2. The zero-order chi connectivity index (χ0) is 41.6. The Morgan fingerprint density at radius 1 is 0.889 bits per heavy atom. The quantitative estimate of drug-likeness (QED) is 0.0566. The van der Waals surface area contributed by atoms with E-state index in [0.29, 0.717) is 40.5 Å². The number of alkyl halides is 6. The third-order valence-corrected chi connectivity index (χ3v) is 6.54. The molecule has 0 radical (unpaired) electrons. The van der Waals surface area contributed by atoms with Crippen molar-refractivity contribution < 1.29 is 55.7 Å². The number of nitrogens with zero attached hydrogens (tertiary/aromatic N) is 2. The molecule has 296 valence electrons. The van der Waals surface area contributed by atoms with Crippen LogP contribution in [0.3, 0.4) is 0 Å². The van der Waals surface area contributed by atoms with Crippen LogP contribution >= 0.6 is 0 Å². The average molecular weight is 775 g/mol. The molecular formula is C33H40F6N8O7. The normalized spacial score (nSPS) is 11.0. The highest BCUT2D eigenvalue weighted by atomic mass is 19.4. The van der Waals surface area contributed by atoms with E-state index < -0.39 is 35.8 Å². The standard InChI is InChI=1S/C29H38N8O3.2C2HF3O2/c1-17(2)9-10-33-28(39)22-11-21(12-23(30)13-22)24-15-35-27(36-18(3)4)29(40)37(24)16-25(38)34-14-19-5-7-20(8-6-19)26(31)32;2*3-2(4,5)1(6)7/h5-8,11-13,15,17-18H,9-10,14,16,30H2,1-4H3,(H3,31,32)(H,33,39)(H,34,38)(H,35,36);2*(H,6,7). The van der Waals surface area contributed by atoms with Crippen molar-refractivity contribution in [2.45, 2.75) is 65.6 Å². The van der Waals surface area contributed by atoms with Crippen LogP contribution in [0.5, 0.6) is 0 Å². The molecular weight excluding hydrogens is 734 g/mol. The van der Waals surface area contributed by atoms with Crippen LogP contribution in [0.1, 0.15) is 55.6 Å². The number of halogens is 6. The fourth-order valence-corrected chi connectivity index (χ4v) is 3.96. The van der Waals surface area contributed by atoms with Crippen molar-refractivity contribution in [3.8, 4) is 11.3 Å². The van der Waals surface area contributed by atoms with Gasteiger partial charge in [0.15, 0.2) is 5.82 Å². The summed E-state index contributed by atoms with van der Waals surface area (Å²) in [4.78, 5) is 61.3. The highest BCUT2D eigenvalue weighted by Crippen LogP contribution is 2.24. The fraction of sp³-hybridized carbons (Fsp3) is 0.364. The first kappa shape index (κ1) is 45.9. The van der Waals surface area contributed by atoms with E-state index >= 15 is 0 Å². The molecule has 21 heteroatoms. The van der Waals surface area contributed by atoms with E-state index in [0.717, 1.165) is 12.0 Å². The lowest BCUT2D eigenvalue weighted by Gasteiger charge is -2.17. The van der Waals surface area contributed by atoms with Crippen molar-refractivity contribution >= 4 is 41.1 Å². The monoisotopic (exact) mass is 774 g/mol. The minimum atomic E-state index is -5.08. The molecule has 0 aliphatic heterocycles. The molecule has 1 aromatic heterocycles. The Morgan fingerprint density at radius 2 is 1.43 bits per heavy atom. The minimum Gasteiger partial charge on any atom is -0.475 e. The zero-order valence-electron chi connectivity index (χ0n) is 29.4. The molecule has 0 fully saturated rings. The molecule has 1 heterocycles. The first-order valence-electron chi connectivity index (χ1n) is 15.7. The molecule has 0 spiro atoms. The fourth-order valence-electron chi connectivity index (χ4n) is 3.96. The number of amides is 2. The molecule has 0 aliphatic rings. The molecule has 3 rings (SSSR count). The van der Waals surface area contributed by atoms with Gasteiger partial charge in [-0.15, -0.1) is 0 Å². The van der Waals surface area contributed by atoms with E-state index in [9.17, 15) is 40.7 Å². The van der Waals surface area contributed by atoms with E-state index in [1.807, 2.05) is 13.8 Å². The number of nitrogen functional groups attached to an aromatic ring is 2. The first-order chi connectivity index (χ1) is 24.8. The van der Waals surface area contributed by atoms with Gasteiger partial charge in [0.05, 0.1) is 11.9 Å². The SMILES string of the molecule is CC(C)CCNC(=O)c1cc(N)cc(-c2cnc(NC(C)C)c(=O)n2CC(=O)NCc2ccc(C(=N)N)cc2)c1.O=C(O)C(F)(F)F.O=C(O)C(F)(F)F. The van der Waals surface area contributed by atoms with Crippen LogP contribution < -0.4 is 33.0 Å². The van der Waals surface area contributed by atoms with Gasteiger partial charge in [-0.2, -0.15) is 26.3 Å². The summed E-state index contributed by atoms with van der Waals surface area (Å²) >= 11 is 0. The van der Waals surface area contributed by atoms with E-state index in [1.54, 1.807) is 42.5 Å². The van der Waals surface area contributed by atoms with E-state index in [2.05, 4.69) is 34.8 Å². The number of carboxylic acids is 2. The lowest BCUT2D eigenvalue weighted by molar-refractivity contribution is -0.193. The van der Waals surface area contributed by atoms with Crippen molar-refractivity contribution in [2.75, 3.05) is 17.6 Å². The zero-order valence-corrected chi connectivity index (χ0v) is 29.4. The Morgan fingerprint density at radius 3 is 1.89 bits per heavy atom. The number of aromatic nitrogens is 2. The highest BCUT2D eigenvalue weighted by molar-refractivity contribution is 5.96. The predicted octanol–water partition coefficient (Wildman–Crippen LogP) is 3.96. The van der Waals surface area contributed by atoms with Crippen LogP contribution in [0.15, 0.2) is 53.5 Å². The van der Waals surface area contributed by atoms with Crippen LogP contribution in [0.25, 0.3) is 11.3 Å². The number of carboxylic acid groups (broad SMARTS) is 2. The van der Waals surface area contributed by atoms with Gasteiger partial charge in [-0.25, -0.2) is 14.6 Å². The summed E-state index contributed by atoms with van der Waals surface area (Å²) in [5.41, 5.74) is 14.1. The third-order valence-electron chi connectivity index (χ3n) is 6.54. The van der Waals surface area contributed by atoms with Crippen molar-refractivity contribution in [2.24, 2.45) is 11.7 Å². The second kappa shape index (κ2) is 20.2. The number of anilines is 2. The molecule has 3 aromatic rings. The maximum Gasteiger partial charge on any atom is 0.490 e. The van der Waals surface area contributed by atoms with Crippen LogP contribution in [0.4, 0.5) is 37.8 Å². The van der Waals surface area contributed by atoms with Gasteiger partial charge in [-0.1, -0.05) is 38.1 Å². The molecule has 0 saturated carbocycles. The van der Waals surface area contributed by atoms with Gasteiger partial charge in [-0.3, -0.25) is 24.4 Å². The van der Waals surface area contributed by atoms with Gasteiger partial charge in [0.25, 0.3) is 11.5 Å². The number of amidine groups is 1. The Labute approximate surface area is 304 Å². The molecule has 2 aromatic carbocycles. The van der Waals surface area contributed by atoms with Gasteiger partial charge in [0, 0.05) is 41.5 Å². The van der Waals surface area contributed by atoms with Crippen LogP contribution in [-0.2, 0) is 27.5 Å². The number of hydrogen-bond acceptors (Lipinski definition) is 9. The molecule has 0 atom stereocenters. The Bertz CT molecular complexity index is 1820. The largest absolute Gasteiger partial charge is 0.490 e. The van der Waals surface area contributed by atoms with Crippen LogP contribution in [0.2, 0.25) is 0 Å². The maximum absolute atomic E-state index is 13.4. The molecule has 54 heavy (non-hydrogen) atoms. The van der Waals surface area contributed by atoms with E-state index in [1.165, 1.54) is 10.8 Å². The molecule has 10 N–H and O–H groups in total. The average Bonchev–Trinajstić information content (AvgIpc) is 3.04. The summed E-state index contributed by atoms with van der Waals surface area (Å²) in [5, 5.41) is 30.5. The van der Waals surface area contributed by atoms with Crippen molar-refractivity contribution in [3.63, 3.8) is 0 Å². The summed E-state index contributed by atoms with van der Waals surface area (Å²) in [7, 11) is 0. The summed E-state index contributed by atoms with van der Waals surface area (Å²) in [5.74, 6) is -5.66. The van der Waals surface area contributed by atoms with E-state index in [-0.39, 0.29) is 36.7 Å². The van der Waals surface area contributed by atoms with Crippen molar-refractivity contribution in [1.82, 2.24) is 20.2 Å². The van der Waals surface area contributed by atoms with Crippen molar-refractivity contribution in [3.05, 3.63) is 75.7 Å². The second-order valence-electron chi connectivity index (χ2n) is 12.0. The highest BCUT2D eigenvalue weighted by Gasteiger charge is 2.38. The number of hydrogen-bond donors (Lipinski definition) is 8. The maximum atomic E-state index is 13.4. The summed E-state index contributed by atoms with van der Waals surface area (Å²) in [6.45, 7) is 8.39. The Hall–Kier alpha value is -6.15. The number of nitrogens with one attached hydrogen (secondary N) is 4. The van der Waals surface area contributed by atoms with Gasteiger partial charge in [-0.05, 0) is 49.9 Å². The molecule has 0 saturated heterocycles. The number of carbonyl (C=O) groups is 4. The predicted molar refractivity (Wildman–Crippen MR) is 186 cm³/mol. The Kier molecular flexibility index (Phi) is 17.1. The number of benzene rings is 2. The van der Waals surface area contributed by atoms with E-state index in [4.69, 9.17) is 36.7 Å². The summed E-state index contributed by atoms with van der Waals surface area (Å²) in [6, 6.07) is 11.7. The Balaban J connectivity index is 0.000000879. The van der Waals surface area contributed by atoms with Crippen LogP contribution in [-0.4, -0.2) is 74.3 Å². The number of nitrogens with two attached hydrogens (primary N) is 2. The lowest BCUT2D eigenvalue weighted by atomic mass is 10.1. The third kappa shape index (κ3) is 16.0. The van der Waals surface area contributed by atoms with Gasteiger partial charge >= 0.3 is 24.3 Å². The molecule has 15 nitrogen and oxygen atoms in total. The molecule has 0 bridgehead atoms. The first-order valence-corrected chi connectivity index (χ1v) is 15.7. The van der Waals surface area contributed by atoms with Crippen LogP contribution in [0, 0.1) is 11.3 Å². The van der Waals surface area contributed by atoms with Gasteiger partial charge < -0.3 is 37.6 Å². The molecule has 0 aliphatic carbocycles. The molecule has 0 unspecified atom stereocenters. The smallest absolute Gasteiger partial charge is 0.475 e. The summed E-state index contributed by atoms with van der Waals surface area (Å²) in [6.07, 6.45) is -7.83.